The highest BCUT2D eigenvalue weighted by Crippen LogP contribution is 2.36. The smallest absolute Gasteiger partial charge is 0.128 e. The predicted molar refractivity (Wildman–Crippen MR) is 74.1 cm³/mol. The van der Waals surface area contributed by atoms with Gasteiger partial charge in [0.05, 0.1) is 12.6 Å². The van der Waals surface area contributed by atoms with Crippen LogP contribution in [0.3, 0.4) is 0 Å². The minimum atomic E-state index is 0.0890. The Bertz CT molecular complexity index is 579. The number of hydrogen-bond acceptors (Lipinski definition) is 2. The second kappa shape index (κ2) is 4.02. The molecule has 0 radical (unpaired) electrons. The molecule has 1 atom stereocenters. The summed E-state index contributed by atoms with van der Waals surface area (Å²) >= 11 is 0. The quantitative estimate of drug-likeness (QED) is 0.879. The molecule has 3 nitrogen and oxygen atoms in total. The Morgan fingerprint density at radius 2 is 2.22 bits per heavy atom. The molecule has 1 fully saturated rings. The van der Waals surface area contributed by atoms with E-state index in [0.29, 0.717) is 0 Å². The first-order valence-electron chi connectivity index (χ1n) is 6.53. The van der Waals surface area contributed by atoms with Gasteiger partial charge >= 0.3 is 0 Å². The molecule has 96 valence electrons. The van der Waals surface area contributed by atoms with Crippen LogP contribution in [0.25, 0.3) is 10.9 Å². The molecule has 1 unspecified atom stereocenters. The van der Waals surface area contributed by atoms with Gasteiger partial charge in [0.15, 0.2) is 0 Å². The molecule has 2 aromatic rings. The van der Waals surface area contributed by atoms with Crippen molar-refractivity contribution in [2.45, 2.75) is 25.3 Å². The zero-order valence-electron chi connectivity index (χ0n) is 11.3. The number of benzene rings is 1. The average molecular weight is 244 g/mol. The number of aryl methyl sites for hydroxylation is 1. The van der Waals surface area contributed by atoms with Gasteiger partial charge in [-0.25, -0.2) is 0 Å². The van der Waals surface area contributed by atoms with Crippen molar-refractivity contribution in [3.63, 3.8) is 0 Å². The SMILES string of the molecule is COc1cc(C2(C)CCCN2)cc2c1ccn2C. The molecule has 0 spiro atoms. The minimum Gasteiger partial charge on any atom is -0.496 e. The van der Waals surface area contributed by atoms with Crippen molar-refractivity contribution in [3.8, 4) is 5.75 Å². The van der Waals surface area contributed by atoms with E-state index in [1.807, 2.05) is 0 Å². The summed E-state index contributed by atoms with van der Waals surface area (Å²) in [5.74, 6) is 0.970. The van der Waals surface area contributed by atoms with Crippen molar-refractivity contribution in [1.82, 2.24) is 9.88 Å². The number of fused-ring (bicyclic) bond motifs is 1. The third-order valence-electron chi connectivity index (χ3n) is 4.19. The summed E-state index contributed by atoms with van der Waals surface area (Å²) in [6.07, 6.45) is 4.51. The van der Waals surface area contributed by atoms with Gasteiger partial charge in [0.2, 0.25) is 0 Å². The van der Waals surface area contributed by atoms with Gasteiger partial charge in [-0.15, -0.1) is 0 Å². The molecule has 1 saturated heterocycles. The summed E-state index contributed by atoms with van der Waals surface area (Å²) in [6, 6.07) is 6.58. The summed E-state index contributed by atoms with van der Waals surface area (Å²) in [6.45, 7) is 3.38. The van der Waals surface area contributed by atoms with Crippen LogP contribution in [0, 0.1) is 0 Å². The summed E-state index contributed by atoms with van der Waals surface area (Å²) in [4.78, 5) is 0. The number of rotatable bonds is 2. The van der Waals surface area contributed by atoms with Crippen LogP contribution in [0.2, 0.25) is 0 Å². The lowest BCUT2D eigenvalue weighted by Gasteiger charge is -2.26. The number of methoxy groups -OCH3 is 1. The van der Waals surface area contributed by atoms with Gasteiger partial charge in [0.1, 0.15) is 5.75 Å². The van der Waals surface area contributed by atoms with E-state index in [-0.39, 0.29) is 5.54 Å². The summed E-state index contributed by atoms with van der Waals surface area (Å²) in [5, 5.41) is 4.80. The molecule has 0 saturated carbocycles. The molecule has 1 aromatic heterocycles. The van der Waals surface area contributed by atoms with Crippen LogP contribution in [0.1, 0.15) is 25.3 Å². The molecular weight excluding hydrogens is 224 g/mol. The van der Waals surface area contributed by atoms with E-state index in [9.17, 15) is 0 Å². The lowest BCUT2D eigenvalue weighted by molar-refractivity contribution is 0.408. The standard InChI is InChI=1S/C15H20N2O/c1-15(6-4-7-16-15)11-9-13-12(5-8-17(13)2)14(10-11)18-3/h5,8-10,16H,4,6-7H2,1-3H3. The van der Waals surface area contributed by atoms with E-state index < -0.39 is 0 Å². The zero-order chi connectivity index (χ0) is 12.8. The number of nitrogens with one attached hydrogen (secondary N) is 1. The van der Waals surface area contributed by atoms with E-state index >= 15 is 0 Å². The molecule has 1 aliphatic heterocycles. The minimum absolute atomic E-state index is 0.0890. The fourth-order valence-corrected chi connectivity index (χ4v) is 2.97. The largest absolute Gasteiger partial charge is 0.496 e. The third kappa shape index (κ3) is 1.62. The maximum atomic E-state index is 5.54. The van der Waals surface area contributed by atoms with Crippen molar-refractivity contribution in [1.29, 1.82) is 0 Å². The van der Waals surface area contributed by atoms with Crippen LogP contribution in [-0.4, -0.2) is 18.2 Å². The summed E-state index contributed by atoms with van der Waals surface area (Å²) in [5.41, 5.74) is 2.65. The van der Waals surface area contributed by atoms with Gasteiger partial charge in [0, 0.05) is 24.2 Å². The molecule has 0 bridgehead atoms. The number of nitrogens with zero attached hydrogens (tertiary/aromatic N) is 1. The lowest BCUT2D eigenvalue weighted by Crippen LogP contribution is -2.33. The number of hydrogen-bond donors (Lipinski definition) is 1. The Morgan fingerprint density at radius 1 is 1.39 bits per heavy atom. The van der Waals surface area contributed by atoms with Crippen molar-refractivity contribution in [3.05, 3.63) is 30.0 Å². The first kappa shape index (κ1) is 11.6. The van der Waals surface area contributed by atoms with E-state index in [1.54, 1.807) is 7.11 Å². The number of ether oxygens (including phenoxy) is 1. The van der Waals surface area contributed by atoms with Crippen molar-refractivity contribution >= 4 is 10.9 Å². The molecule has 1 N–H and O–H groups in total. The maximum absolute atomic E-state index is 5.54. The van der Waals surface area contributed by atoms with Crippen molar-refractivity contribution < 1.29 is 4.74 Å². The Hall–Kier alpha value is -1.48. The molecule has 3 heteroatoms. The first-order valence-corrected chi connectivity index (χ1v) is 6.53. The second-order valence-electron chi connectivity index (χ2n) is 5.40. The maximum Gasteiger partial charge on any atom is 0.128 e. The van der Waals surface area contributed by atoms with Gasteiger partial charge in [-0.05, 0) is 50.1 Å². The monoisotopic (exact) mass is 244 g/mol. The van der Waals surface area contributed by atoms with Crippen molar-refractivity contribution in [2.24, 2.45) is 7.05 Å². The molecule has 18 heavy (non-hydrogen) atoms. The normalized spacial score (nSPS) is 23.7. The van der Waals surface area contributed by atoms with Gasteiger partial charge in [-0.3, -0.25) is 0 Å². The molecular formula is C15H20N2O. The molecule has 0 amide bonds. The number of aromatic nitrogens is 1. The Kier molecular flexibility index (Phi) is 2.59. The fourth-order valence-electron chi connectivity index (χ4n) is 2.97. The molecule has 0 aliphatic carbocycles. The summed E-state index contributed by atoms with van der Waals surface area (Å²) in [7, 11) is 3.83. The van der Waals surface area contributed by atoms with Crippen LogP contribution in [-0.2, 0) is 12.6 Å². The van der Waals surface area contributed by atoms with Crippen molar-refractivity contribution in [2.75, 3.05) is 13.7 Å². The Labute approximate surface area is 108 Å². The van der Waals surface area contributed by atoms with Gasteiger partial charge in [-0.2, -0.15) is 0 Å². The highest BCUT2D eigenvalue weighted by molar-refractivity contribution is 5.87. The van der Waals surface area contributed by atoms with Crippen LogP contribution in [0.4, 0.5) is 0 Å². The van der Waals surface area contributed by atoms with E-state index in [2.05, 4.69) is 48.3 Å². The highest BCUT2D eigenvalue weighted by Gasteiger charge is 2.31. The van der Waals surface area contributed by atoms with Gasteiger partial charge in [-0.1, -0.05) is 0 Å². The van der Waals surface area contributed by atoms with Crippen LogP contribution in [0.5, 0.6) is 5.75 Å². The first-order chi connectivity index (χ1) is 8.64. The topological polar surface area (TPSA) is 26.2 Å². The van der Waals surface area contributed by atoms with Gasteiger partial charge < -0.3 is 14.6 Å². The average Bonchev–Trinajstić information content (AvgIpc) is 2.97. The molecule has 2 heterocycles. The fraction of sp³-hybridized carbons (Fsp3) is 0.467. The van der Waals surface area contributed by atoms with Crippen LogP contribution >= 0.6 is 0 Å². The van der Waals surface area contributed by atoms with Crippen LogP contribution < -0.4 is 10.1 Å². The second-order valence-corrected chi connectivity index (χ2v) is 5.40. The lowest BCUT2D eigenvalue weighted by atomic mass is 9.90. The van der Waals surface area contributed by atoms with Crippen LogP contribution in [0.15, 0.2) is 24.4 Å². The van der Waals surface area contributed by atoms with E-state index in [4.69, 9.17) is 4.74 Å². The summed E-state index contributed by atoms with van der Waals surface area (Å²) < 4.78 is 7.70. The van der Waals surface area contributed by atoms with E-state index in [1.165, 1.54) is 29.3 Å². The Morgan fingerprint density at radius 3 is 2.89 bits per heavy atom. The predicted octanol–water partition coefficient (Wildman–Crippen LogP) is 2.79. The van der Waals surface area contributed by atoms with Gasteiger partial charge in [0.25, 0.3) is 0 Å². The third-order valence-corrected chi connectivity index (χ3v) is 4.19. The Balaban J connectivity index is 2.21. The molecule has 1 aliphatic rings. The molecule has 1 aromatic carbocycles. The zero-order valence-corrected chi connectivity index (χ0v) is 11.3. The molecule has 3 rings (SSSR count). The van der Waals surface area contributed by atoms with E-state index in [0.717, 1.165) is 12.3 Å². The highest BCUT2D eigenvalue weighted by atomic mass is 16.5.